The van der Waals surface area contributed by atoms with Crippen LogP contribution in [0.1, 0.15) is 18.9 Å². The molecule has 0 saturated heterocycles. The van der Waals surface area contributed by atoms with E-state index in [4.69, 9.17) is 11.6 Å². The fourth-order valence-corrected chi connectivity index (χ4v) is 3.25. The Hall–Kier alpha value is -2.05. The molecule has 126 valence electrons. The normalized spacial score (nSPS) is 11.8. The second-order valence-corrected chi connectivity index (χ2v) is 6.88. The number of hydrogen-bond donors (Lipinski definition) is 1. The second kappa shape index (κ2) is 8.17. The van der Waals surface area contributed by atoms with Crippen LogP contribution in [0.2, 0.25) is 5.02 Å². The Morgan fingerprint density at radius 2 is 1.96 bits per heavy atom. The minimum Gasteiger partial charge on any atom is -0.325 e. The molecule has 0 aliphatic carbocycles. The first-order valence-electron chi connectivity index (χ1n) is 7.39. The van der Waals surface area contributed by atoms with E-state index in [1.165, 1.54) is 17.8 Å². The van der Waals surface area contributed by atoms with Gasteiger partial charge < -0.3 is 5.32 Å². The van der Waals surface area contributed by atoms with Crippen LogP contribution >= 0.6 is 23.4 Å². The van der Waals surface area contributed by atoms with Crippen molar-refractivity contribution < 1.29 is 9.72 Å². The van der Waals surface area contributed by atoms with Crippen LogP contribution in [0.3, 0.4) is 0 Å². The molecule has 2 aromatic carbocycles. The summed E-state index contributed by atoms with van der Waals surface area (Å²) >= 11 is 7.30. The third kappa shape index (κ3) is 4.49. The van der Waals surface area contributed by atoms with E-state index in [2.05, 4.69) is 5.32 Å². The Kier molecular flexibility index (Phi) is 6.23. The van der Waals surface area contributed by atoms with Gasteiger partial charge in [0.1, 0.15) is 0 Å². The molecule has 24 heavy (non-hydrogen) atoms. The lowest BCUT2D eigenvalue weighted by Crippen LogP contribution is -2.25. The molecule has 1 amide bonds. The van der Waals surface area contributed by atoms with Crippen molar-refractivity contribution in [2.45, 2.75) is 30.4 Å². The molecule has 0 aromatic heterocycles. The van der Waals surface area contributed by atoms with Crippen molar-refractivity contribution in [3.63, 3.8) is 0 Å². The summed E-state index contributed by atoms with van der Waals surface area (Å²) in [5.41, 5.74) is 0.901. The van der Waals surface area contributed by atoms with E-state index in [-0.39, 0.29) is 16.8 Å². The molecule has 0 aliphatic heterocycles. The number of nitrogens with one attached hydrogen (secondary N) is 1. The number of amides is 1. The molecule has 1 N–H and O–H groups in total. The number of rotatable bonds is 6. The maximum absolute atomic E-state index is 12.5. The number of halogens is 1. The van der Waals surface area contributed by atoms with E-state index < -0.39 is 4.92 Å². The highest BCUT2D eigenvalue weighted by molar-refractivity contribution is 8.00. The molecule has 0 fully saturated rings. The molecule has 1 atom stereocenters. The van der Waals surface area contributed by atoms with Gasteiger partial charge in [0.15, 0.2) is 0 Å². The summed E-state index contributed by atoms with van der Waals surface area (Å²) in [6.45, 7) is 3.55. The highest BCUT2D eigenvalue weighted by atomic mass is 35.5. The highest BCUT2D eigenvalue weighted by Gasteiger charge is 2.20. The zero-order valence-corrected chi connectivity index (χ0v) is 14.9. The average Bonchev–Trinajstić information content (AvgIpc) is 2.55. The lowest BCUT2D eigenvalue weighted by molar-refractivity contribution is -0.385. The van der Waals surface area contributed by atoms with Crippen molar-refractivity contribution in [3.8, 4) is 0 Å². The molecule has 0 radical (unpaired) electrons. The minimum atomic E-state index is -0.454. The Morgan fingerprint density at radius 1 is 1.29 bits per heavy atom. The maximum atomic E-state index is 12.5. The van der Waals surface area contributed by atoms with E-state index in [9.17, 15) is 14.9 Å². The average molecular weight is 365 g/mol. The first-order chi connectivity index (χ1) is 11.4. The number of carbonyl (C=O) groups is 1. The smallest absolute Gasteiger partial charge is 0.274 e. The Bertz CT molecular complexity index is 750. The van der Waals surface area contributed by atoms with E-state index in [1.807, 2.05) is 19.1 Å². The summed E-state index contributed by atoms with van der Waals surface area (Å²) < 4.78 is 0. The van der Waals surface area contributed by atoms with Gasteiger partial charge in [-0.3, -0.25) is 14.9 Å². The summed E-state index contributed by atoms with van der Waals surface area (Å²) in [5.74, 6) is -0.180. The lowest BCUT2D eigenvalue weighted by atomic mass is 10.1. The number of anilines is 1. The van der Waals surface area contributed by atoms with Crippen LogP contribution in [0.4, 0.5) is 11.4 Å². The molecule has 0 bridgehead atoms. The summed E-state index contributed by atoms with van der Waals surface area (Å²) in [7, 11) is 0. The fraction of sp³-hybridized carbons (Fsp3) is 0.235. The van der Waals surface area contributed by atoms with Gasteiger partial charge in [0.05, 0.1) is 21.4 Å². The number of nitro groups is 1. The zero-order valence-electron chi connectivity index (χ0n) is 13.3. The molecule has 0 spiro atoms. The van der Waals surface area contributed by atoms with Gasteiger partial charge in [-0.05, 0) is 43.7 Å². The molecular weight excluding hydrogens is 348 g/mol. The van der Waals surface area contributed by atoms with E-state index in [0.717, 1.165) is 4.90 Å². The van der Waals surface area contributed by atoms with Crippen LogP contribution in [0.25, 0.3) is 0 Å². The number of nitro benzene ring substituents is 1. The van der Waals surface area contributed by atoms with Crippen LogP contribution < -0.4 is 5.32 Å². The topological polar surface area (TPSA) is 72.2 Å². The molecule has 2 aromatic rings. The third-order valence-electron chi connectivity index (χ3n) is 3.51. The zero-order chi connectivity index (χ0) is 17.7. The number of carbonyl (C=O) groups excluding carboxylic acids is 1. The predicted octanol–water partition coefficient (Wildman–Crippen LogP) is 5.07. The second-order valence-electron chi connectivity index (χ2n) is 5.16. The summed E-state index contributed by atoms with van der Waals surface area (Å²) in [6.07, 6.45) is 0.632. The maximum Gasteiger partial charge on any atom is 0.274 e. The Labute approximate surface area is 149 Å². The third-order valence-corrected chi connectivity index (χ3v) is 5.14. The molecule has 0 heterocycles. The van der Waals surface area contributed by atoms with Crippen molar-refractivity contribution in [3.05, 3.63) is 63.2 Å². The van der Waals surface area contributed by atoms with Crippen molar-refractivity contribution in [2.24, 2.45) is 0 Å². The van der Waals surface area contributed by atoms with Crippen LogP contribution in [-0.4, -0.2) is 16.1 Å². The van der Waals surface area contributed by atoms with Gasteiger partial charge in [0.2, 0.25) is 5.91 Å². The van der Waals surface area contributed by atoms with Crippen molar-refractivity contribution in [2.75, 3.05) is 5.32 Å². The van der Waals surface area contributed by atoms with E-state index >= 15 is 0 Å². The van der Waals surface area contributed by atoms with Gasteiger partial charge >= 0.3 is 0 Å². The van der Waals surface area contributed by atoms with Crippen LogP contribution in [0, 0.1) is 17.0 Å². The van der Waals surface area contributed by atoms with Gasteiger partial charge in [-0.15, -0.1) is 11.8 Å². The van der Waals surface area contributed by atoms with Gasteiger partial charge in [0, 0.05) is 16.0 Å². The van der Waals surface area contributed by atoms with Crippen molar-refractivity contribution in [1.82, 2.24) is 0 Å². The number of benzene rings is 2. The molecular formula is C17H17ClN2O3S. The van der Waals surface area contributed by atoms with Gasteiger partial charge in [-0.1, -0.05) is 24.6 Å². The van der Waals surface area contributed by atoms with Crippen molar-refractivity contribution >= 4 is 40.6 Å². The molecule has 2 rings (SSSR count). The Morgan fingerprint density at radius 3 is 2.54 bits per heavy atom. The monoisotopic (exact) mass is 364 g/mol. The SMILES string of the molecule is CC[C@H](Sc1ccc(Cl)cc1)C(=O)Nc1cccc([N+](=O)[O-])c1C. The quantitative estimate of drug-likeness (QED) is 0.441. The molecule has 0 saturated carbocycles. The first kappa shape index (κ1) is 18.3. The Balaban J connectivity index is 2.13. The minimum absolute atomic E-state index is 0.00815. The summed E-state index contributed by atoms with van der Waals surface area (Å²) in [5, 5.41) is 14.1. The summed E-state index contributed by atoms with van der Waals surface area (Å²) in [6, 6.07) is 11.9. The standard InChI is InChI=1S/C17H17ClN2O3S/c1-3-16(24-13-9-7-12(18)8-10-13)17(21)19-14-5-4-6-15(11(14)2)20(22)23/h4-10,16H,3H2,1-2H3,(H,19,21)/t16-/m0/s1. The largest absolute Gasteiger partial charge is 0.325 e. The van der Waals surface area contributed by atoms with Crippen molar-refractivity contribution in [1.29, 1.82) is 0 Å². The van der Waals surface area contributed by atoms with Gasteiger partial charge in [-0.2, -0.15) is 0 Å². The lowest BCUT2D eigenvalue weighted by Gasteiger charge is -2.16. The van der Waals surface area contributed by atoms with E-state index in [0.29, 0.717) is 22.7 Å². The van der Waals surface area contributed by atoms with Crippen LogP contribution in [0.15, 0.2) is 47.4 Å². The number of nitrogens with zero attached hydrogens (tertiary/aromatic N) is 1. The van der Waals surface area contributed by atoms with Crippen LogP contribution in [-0.2, 0) is 4.79 Å². The first-order valence-corrected chi connectivity index (χ1v) is 8.65. The molecule has 0 aliphatic rings. The highest BCUT2D eigenvalue weighted by Crippen LogP contribution is 2.29. The van der Waals surface area contributed by atoms with E-state index in [1.54, 1.807) is 31.2 Å². The number of thioether (sulfide) groups is 1. The van der Waals surface area contributed by atoms with Gasteiger partial charge in [0.25, 0.3) is 5.69 Å². The molecule has 0 unspecified atom stereocenters. The molecule has 5 nitrogen and oxygen atoms in total. The fourth-order valence-electron chi connectivity index (χ4n) is 2.17. The number of hydrogen-bond acceptors (Lipinski definition) is 4. The van der Waals surface area contributed by atoms with Gasteiger partial charge in [-0.25, -0.2) is 0 Å². The summed E-state index contributed by atoms with van der Waals surface area (Å²) in [4.78, 5) is 24.0. The molecule has 7 heteroatoms. The predicted molar refractivity (Wildman–Crippen MR) is 97.9 cm³/mol. The van der Waals surface area contributed by atoms with Crippen LogP contribution in [0.5, 0.6) is 0 Å².